The van der Waals surface area contributed by atoms with Gasteiger partial charge in [0.15, 0.2) is 17.7 Å². The lowest BCUT2D eigenvalue weighted by atomic mass is 10.1. The molecule has 0 radical (unpaired) electrons. The first-order valence-electron chi connectivity index (χ1n) is 7.80. The van der Waals surface area contributed by atoms with Crippen LogP contribution in [0.1, 0.15) is 29.7 Å². The molecule has 1 amide bonds. The molecule has 1 heterocycles. The van der Waals surface area contributed by atoms with Gasteiger partial charge in [-0.1, -0.05) is 42.5 Å². The third kappa shape index (κ3) is 4.20. The highest BCUT2D eigenvalue weighted by Crippen LogP contribution is 2.35. The predicted molar refractivity (Wildman–Crippen MR) is 94.0 cm³/mol. The average molecular weight is 373 g/mol. The molecule has 134 valence electrons. The molecule has 0 aliphatic carbocycles. The minimum absolute atomic E-state index is 0.0895. The van der Waals surface area contributed by atoms with Crippen molar-refractivity contribution in [2.45, 2.75) is 23.5 Å². The van der Waals surface area contributed by atoms with Crippen LogP contribution < -0.4 is 10.5 Å². The highest BCUT2D eigenvalue weighted by atomic mass is 32.2. The minimum Gasteiger partial charge on any atom is -0.478 e. The number of amides is 1. The lowest BCUT2D eigenvalue weighted by Crippen LogP contribution is -2.18. The molecule has 8 heteroatoms. The summed E-state index contributed by atoms with van der Waals surface area (Å²) >= 11 is 1.05. The Morgan fingerprint density at radius 1 is 1.15 bits per heavy atom. The standard InChI is InChI=1S/C18H16FN3O3S/c1-11(24-14-10-6-5-9-13(14)19)17-21-22-18(25-17)26-15(16(20)23)12-7-3-2-4-8-12/h2-11,15H,1H3,(H2,20,23). The van der Waals surface area contributed by atoms with Gasteiger partial charge in [0, 0.05) is 0 Å². The minimum atomic E-state index is -0.660. The van der Waals surface area contributed by atoms with Crippen molar-refractivity contribution in [2.75, 3.05) is 0 Å². The second kappa shape index (κ2) is 8.01. The maximum absolute atomic E-state index is 13.7. The fraction of sp³-hybridized carbons (Fsp3) is 0.167. The number of nitrogens with zero attached hydrogens (tertiary/aromatic N) is 2. The SMILES string of the molecule is CC(Oc1ccccc1F)c1nnc(SC(C(N)=O)c2ccccc2)o1. The van der Waals surface area contributed by atoms with Gasteiger partial charge in [-0.05, 0) is 36.4 Å². The van der Waals surface area contributed by atoms with Crippen molar-refractivity contribution >= 4 is 17.7 Å². The Labute approximate surface area is 153 Å². The van der Waals surface area contributed by atoms with Crippen LogP contribution in [0.5, 0.6) is 5.75 Å². The summed E-state index contributed by atoms with van der Waals surface area (Å²) in [6, 6.07) is 15.1. The number of hydrogen-bond donors (Lipinski definition) is 1. The molecule has 26 heavy (non-hydrogen) atoms. The van der Waals surface area contributed by atoms with Gasteiger partial charge in [-0.2, -0.15) is 0 Å². The molecular weight excluding hydrogens is 357 g/mol. The Balaban J connectivity index is 1.72. The van der Waals surface area contributed by atoms with Crippen LogP contribution in [-0.4, -0.2) is 16.1 Å². The molecule has 3 rings (SSSR count). The molecule has 0 bridgehead atoms. The van der Waals surface area contributed by atoms with E-state index < -0.39 is 23.1 Å². The number of halogens is 1. The Kier molecular flexibility index (Phi) is 5.52. The molecule has 2 aromatic carbocycles. The summed E-state index contributed by atoms with van der Waals surface area (Å²) in [6.07, 6.45) is -0.655. The number of rotatable bonds is 7. The van der Waals surface area contributed by atoms with Crippen LogP contribution in [0.4, 0.5) is 4.39 Å². The first-order chi connectivity index (χ1) is 12.5. The van der Waals surface area contributed by atoms with Crippen LogP contribution in [0.3, 0.4) is 0 Å². The Bertz CT molecular complexity index is 888. The zero-order valence-corrected chi connectivity index (χ0v) is 14.7. The molecule has 6 nitrogen and oxygen atoms in total. The number of para-hydroxylation sites is 1. The normalized spacial score (nSPS) is 13.2. The molecule has 2 atom stereocenters. The Hall–Kier alpha value is -2.87. The zero-order valence-electron chi connectivity index (χ0n) is 13.8. The topological polar surface area (TPSA) is 91.2 Å². The smallest absolute Gasteiger partial charge is 0.277 e. The van der Waals surface area contributed by atoms with Crippen LogP contribution in [0.15, 0.2) is 64.2 Å². The molecule has 0 fully saturated rings. The lowest BCUT2D eigenvalue weighted by molar-refractivity contribution is -0.117. The molecule has 0 saturated carbocycles. The van der Waals surface area contributed by atoms with E-state index in [0.717, 1.165) is 17.3 Å². The largest absolute Gasteiger partial charge is 0.478 e. The van der Waals surface area contributed by atoms with Gasteiger partial charge in [-0.3, -0.25) is 4.79 Å². The van der Waals surface area contributed by atoms with Gasteiger partial charge in [0.2, 0.25) is 5.91 Å². The molecule has 2 unspecified atom stereocenters. The van der Waals surface area contributed by atoms with Crippen LogP contribution >= 0.6 is 11.8 Å². The van der Waals surface area contributed by atoms with E-state index in [1.807, 2.05) is 18.2 Å². The third-order valence-corrected chi connectivity index (χ3v) is 4.60. The van der Waals surface area contributed by atoms with Crippen molar-refractivity contribution in [3.05, 3.63) is 71.9 Å². The fourth-order valence-electron chi connectivity index (χ4n) is 2.23. The van der Waals surface area contributed by atoms with E-state index >= 15 is 0 Å². The van der Waals surface area contributed by atoms with Crippen LogP contribution in [0.2, 0.25) is 0 Å². The van der Waals surface area contributed by atoms with E-state index in [-0.39, 0.29) is 16.9 Å². The number of benzene rings is 2. The van der Waals surface area contributed by atoms with Crippen molar-refractivity contribution in [1.82, 2.24) is 10.2 Å². The van der Waals surface area contributed by atoms with Gasteiger partial charge in [-0.25, -0.2) is 4.39 Å². The van der Waals surface area contributed by atoms with Gasteiger partial charge in [0.05, 0.1) is 0 Å². The summed E-state index contributed by atoms with van der Waals surface area (Å²) in [6.45, 7) is 1.66. The fourth-order valence-corrected chi connectivity index (χ4v) is 3.06. The van der Waals surface area contributed by atoms with Crippen molar-refractivity contribution < 1.29 is 18.3 Å². The number of ether oxygens (including phenoxy) is 1. The van der Waals surface area contributed by atoms with Crippen LogP contribution in [0.25, 0.3) is 0 Å². The molecule has 0 saturated heterocycles. The second-order valence-electron chi connectivity index (χ2n) is 5.41. The van der Waals surface area contributed by atoms with Gasteiger partial charge in [-0.15, -0.1) is 10.2 Å². The number of carbonyl (C=O) groups excluding carboxylic acids is 1. The van der Waals surface area contributed by atoms with E-state index in [9.17, 15) is 9.18 Å². The first-order valence-corrected chi connectivity index (χ1v) is 8.68. The third-order valence-electron chi connectivity index (χ3n) is 3.49. The monoisotopic (exact) mass is 373 g/mol. The van der Waals surface area contributed by atoms with Crippen molar-refractivity contribution in [3.63, 3.8) is 0 Å². The van der Waals surface area contributed by atoms with E-state index in [0.29, 0.717) is 0 Å². The molecule has 0 aliphatic rings. The highest BCUT2D eigenvalue weighted by Gasteiger charge is 2.24. The van der Waals surface area contributed by atoms with Gasteiger partial charge in [0.1, 0.15) is 5.25 Å². The van der Waals surface area contributed by atoms with Gasteiger partial charge >= 0.3 is 0 Å². The summed E-state index contributed by atoms with van der Waals surface area (Å²) in [7, 11) is 0. The molecule has 1 aromatic heterocycles. The average Bonchev–Trinajstić information content (AvgIpc) is 3.11. The summed E-state index contributed by atoms with van der Waals surface area (Å²) in [5.74, 6) is -0.735. The maximum atomic E-state index is 13.7. The first kappa shape index (κ1) is 17.9. The van der Waals surface area contributed by atoms with E-state index in [4.69, 9.17) is 14.9 Å². The van der Waals surface area contributed by atoms with Crippen molar-refractivity contribution in [2.24, 2.45) is 5.73 Å². The number of thioether (sulfide) groups is 1. The number of primary amides is 1. The van der Waals surface area contributed by atoms with Gasteiger partial charge in [0.25, 0.3) is 11.1 Å². The van der Waals surface area contributed by atoms with Crippen molar-refractivity contribution in [3.8, 4) is 5.75 Å². The number of carbonyl (C=O) groups is 1. The van der Waals surface area contributed by atoms with E-state index in [1.54, 1.807) is 31.2 Å². The lowest BCUT2D eigenvalue weighted by Gasteiger charge is -2.12. The van der Waals surface area contributed by atoms with Gasteiger partial charge < -0.3 is 14.9 Å². The van der Waals surface area contributed by atoms with E-state index in [2.05, 4.69) is 10.2 Å². The molecule has 0 aliphatic heterocycles. The second-order valence-corrected chi connectivity index (χ2v) is 6.46. The number of aromatic nitrogens is 2. The zero-order chi connectivity index (χ0) is 18.5. The van der Waals surface area contributed by atoms with Crippen molar-refractivity contribution in [1.29, 1.82) is 0 Å². The van der Waals surface area contributed by atoms with Crippen LogP contribution in [-0.2, 0) is 4.79 Å². The Morgan fingerprint density at radius 3 is 2.54 bits per heavy atom. The quantitative estimate of drug-likeness (QED) is 0.636. The summed E-state index contributed by atoms with van der Waals surface area (Å²) in [5, 5.41) is 7.34. The highest BCUT2D eigenvalue weighted by molar-refractivity contribution is 8.00. The Morgan fingerprint density at radius 2 is 1.85 bits per heavy atom. The number of nitrogens with two attached hydrogens (primary N) is 1. The van der Waals surface area contributed by atoms with Crippen LogP contribution in [0, 0.1) is 5.82 Å². The molecule has 2 N–H and O–H groups in total. The maximum Gasteiger partial charge on any atom is 0.277 e. The summed E-state index contributed by atoms with van der Waals surface area (Å²) in [4.78, 5) is 11.8. The van der Waals surface area contributed by atoms with E-state index in [1.165, 1.54) is 12.1 Å². The molecule has 3 aromatic rings. The molecule has 0 spiro atoms. The predicted octanol–water partition coefficient (Wildman–Crippen LogP) is 3.67. The molecular formula is C18H16FN3O3S. The summed E-state index contributed by atoms with van der Waals surface area (Å²) < 4.78 is 24.7. The summed E-state index contributed by atoms with van der Waals surface area (Å²) in [5.41, 5.74) is 6.22. The number of hydrogen-bond acceptors (Lipinski definition) is 6.